The number of nitrogens with zero attached hydrogens (tertiary/aromatic N) is 1. The molecule has 2 rings (SSSR count). The number of fused-ring (bicyclic) bond motifs is 1. The molecule has 1 N–H and O–H groups in total. The van der Waals surface area contributed by atoms with E-state index in [4.69, 9.17) is 0 Å². The highest BCUT2D eigenvalue weighted by molar-refractivity contribution is 7.88. The number of nitrogens with one attached hydrogen (secondary N) is 1. The van der Waals surface area contributed by atoms with Gasteiger partial charge in [0.15, 0.2) is 11.6 Å². The van der Waals surface area contributed by atoms with E-state index in [0.717, 1.165) is 44.1 Å². The maximum atomic E-state index is 13.2. The van der Waals surface area contributed by atoms with Crippen molar-refractivity contribution in [1.82, 2.24) is 4.72 Å². The summed E-state index contributed by atoms with van der Waals surface area (Å²) in [6.45, 7) is 22.8. The molecular formula is C33H54N2O4S. The van der Waals surface area contributed by atoms with Crippen molar-refractivity contribution in [3.8, 4) is 6.07 Å². The van der Waals surface area contributed by atoms with E-state index in [1.54, 1.807) is 13.0 Å². The van der Waals surface area contributed by atoms with Crippen LogP contribution in [0, 0.1) is 44.3 Å². The third-order valence-electron chi connectivity index (χ3n) is 11.0. The number of carbonyl (C=O) groups excluding carboxylic acids is 2. The van der Waals surface area contributed by atoms with Crippen molar-refractivity contribution < 1.29 is 18.0 Å². The van der Waals surface area contributed by atoms with Gasteiger partial charge < -0.3 is 0 Å². The molecule has 0 saturated heterocycles. The van der Waals surface area contributed by atoms with Crippen molar-refractivity contribution in [2.24, 2.45) is 33.0 Å². The first-order valence-electron chi connectivity index (χ1n) is 14.8. The van der Waals surface area contributed by atoms with Crippen LogP contribution in [-0.2, 0) is 19.6 Å². The van der Waals surface area contributed by atoms with E-state index < -0.39 is 31.8 Å². The molecule has 0 aliphatic heterocycles. The lowest BCUT2D eigenvalue weighted by Crippen LogP contribution is -2.56. The Morgan fingerprint density at radius 3 is 2.12 bits per heavy atom. The molecule has 0 heterocycles. The Morgan fingerprint density at radius 2 is 1.65 bits per heavy atom. The predicted octanol–water partition coefficient (Wildman–Crippen LogP) is 7.31. The summed E-state index contributed by atoms with van der Waals surface area (Å²) in [6.07, 6.45) is 10.4. The smallest absolute Gasteiger partial charge is 0.209 e. The van der Waals surface area contributed by atoms with Crippen LogP contribution in [-0.4, -0.2) is 31.8 Å². The average molecular weight is 575 g/mol. The second-order valence-electron chi connectivity index (χ2n) is 15.4. The normalized spacial score (nSPS) is 29.8. The number of nitriles is 1. The van der Waals surface area contributed by atoms with Crippen molar-refractivity contribution >= 4 is 21.6 Å². The molecule has 0 radical (unpaired) electrons. The third kappa shape index (κ3) is 6.81. The second kappa shape index (κ2) is 11.1. The zero-order valence-electron chi connectivity index (χ0n) is 27.2. The number of hydrogen-bond donors (Lipinski definition) is 1. The van der Waals surface area contributed by atoms with Crippen LogP contribution in [0.5, 0.6) is 0 Å². The Morgan fingerprint density at radius 1 is 1.10 bits per heavy atom. The maximum absolute atomic E-state index is 13.2. The fourth-order valence-electron chi connectivity index (χ4n) is 7.44. The fraction of sp³-hybridized carbons (Fsp3) is 0.788. The lowest BCUT2D eigenvalue weighted by atomic mass is 9.42. The quantitative estimate of drug-likeness (QED) is 0.261. The lowest BCUT2D eigenvalue weighted by Gasteiger charge is -2.61. The summed E-state index contributed by atoms with van der Waals surface area (Å²) in [5.41, 5.74) is -1.41. The minimum absolute atomic E-state index is 0.0347. The fourth-order valence-corrected chi connectivity index (χ4v) is 8.54. The molecule has 0 amide bonds. The zero-order chi connectivity index (χ0) is 31.2. The molecular weight excluding hydrogens is 520 g/mol. The highest BCUT2D eigenvalue weighted by Gasteiger charge is 2.61. The first-order chi connectivity index (χ1) is 17.9. The van der Waals surface area contributed by atoms with Gasteiger partial charge in [0.2, 0.25) is 10.0 Å². The molecule has 0 aromatic rings. The van der Waals surface area contributed by atoms with Crippen LogP contribution in [0.1, 0.15) is 121 Å². The monoisotopic (exact) mass is 574 g/mol. The van der Waals surface area contributed by atoms with Gasteiger partial charge in [0, 0.05) is 16.4 Å². The number of allylic oxidation sites excluding steroid dienone is 4. The molecule has 1 fully saturated rings. The van der Waals surface area contributed by atoms with Gasteiger partial charge in [-0.05, 0) is 80.6 Å². The van der Waals surface area contributed by atoms with Crippen LogP contribution in [0.25, 0.3) is 0 Å². The maximum Gasteiger partial charge on any atom is 0.209 e. The SMILES string of the molecule is CCC(C)(C)CC[C@@](C)(CCC(C)(C)[C@]1(C)CC[C@H]2C(C)(C)C(=O)C(C#N)=C[C@]2(C)/C1=C/C(C)=O)NS(C)(=O)=O. The minimum Gasteiger partial charge on any atom is -0.295 e. The van der Waals surface area contributed by atoms with Gasteiger partial charge >= 0.3 is 0 Å². The zero-order valence-corrected chi connectivity index (χ0v) is 28.0. The van der Waals surface area contributed by atoms with Crippen LogP contribution in [0.4, 0.5) is 0 Å². The van der Waals surface area contributed by atoms with Gasteiger partial charge in [-0.15, -0.1) is 0 Å². The summed E-state index contributed by atoms with van der Waals surface area (Å²) in [5, 5.41) is 9.87. The summed E-state index contributed by atoms with van der Waals surface area (Å²) in [6, 6.07) is 2.14. The molecule has 1 saturated carbocycles. The Hall–Kier alpha value is -1.78. The van der Waals surface area contributed by atoms with Gasteiger partial charge in [-0.25, -0.2) is 13.1 Å². The molecule has 2 aliphatic carbocycles. The van der Waals surface area contributed by atoms with Gasteiger partial charge in [0.05, 0.1) is 11.8 Å². The van der Waals surface area contributed by atoms with Gasteiger partial charge in [0.1, 0.15) is 6.07 Å². The third-order valence-corrected chi connectivity index (χ3v) is 11.8. The molecule has 7 heteroatoms. The van der Waals surface area contributed by atoms with Gasteiger partial charge in [-0.1, -0.05) is 80.4 Å². The van der Waals surface area contributed by atoms with E-state index in [2.05, 4.69) is 59.3 Å². The number of carbonyl (C=O) groups is 2. The van der Waals surface area contributed by atoms with Gasteiger partial charge in [-0.3, -0.25) is 9.59 Å². The summed E-state index contributed by atoms with van der Waals surface area (Å²) in [4.78, 5) is 25.9. The van der Waals surface area contributed by atoms with Crippen molar-refractivity contribution in [1.29, 1.82) is 5.26 Å². The Kier molecular flexibility index (Phi) is 9.58. The Labute approximate surface area is 244 Å². The summed E-state index contributed by atoms with van der Waals surface area (Å²) in [5.74, 6) is -0.210. The first-order valence-corrected chi connectivity index (χ1v) is 16.7. The van der Waals surface area contributed by atoms with E-state index in [-0.39, 0.29) is 33.9 Å². The highest BCUT2D eigenvalue weighted by Crippen LogP contribution is 2.67. The molecule has 0 bridgehead atoms. The van der Waals surface area contributed by atoms with Crippen molar-refractivity contribution in [3.63, 3.8) is 0 Å². The first kappa shape index (κ1) is 34.4. The van der Waals surface area contributed by atoms with E-state index in [1.807, 2.05) is 26.8 Å². The summed E-state index contributed by atoms with van der Waals surface area (Å²) in [7, 11) is -3.42. The van der Waals surface area contributed by atoms with Crippen molar-refractivity contribution in [3.05, 3.63) is 23.3 Å². The van der Waals surface area contributed by atoms with Crippen molar-refractivity contribution in [2.45, 2.75) is 127 Å². The average Bonchev–Trinajstić information content (AvgIpc) is 2.80. The Bertz CT molecular complexity index is 1230. The second-order valence-corrected chi connectivity index (χ2v) is 17.2. The standard InChI is InChI=1S/C33H54N2O4S/c1-13-28(3,4)16-18-31(9,35-40(12,38)39)19-17-29(5,6)33(11)15-14-25-30(7,8)27(37)24(22-34)21-32(25,10)26(33)20-23(2)36/h20-21,25,35H,13-19H2,1-12H3/b26-20-/t25-,31-,32-,33+/m0/s1. The number of sulfonamides is 1. The van der Waals surface area contributed by atoms with Crippen molar-refractivity contribution in [2.75, 3.05) is 6.26 Å². The summed E-state index contributed by atoms with van der Waals surface area (Å²) >= 11 is 0. The topological polar surface area (TPSA) is 104 Å². The molecule has 0 spiro atoms. The molecule has 4 atom stereocenters. The number of Topliss-reactive ketones (excluding diaryl/α,β-unsaturated/α-hetero) is 1. The molecule has 0 aromatic heterocycles. The number of hydrogen-bond acceptors (Lipinski definition) is 5. The van der Waals surface area contributed by atoms with E-state index >= 15 is 0 Å². The molecule has 0 aromatic carbocycles. The lowest BCUT2D eigenvalue weighted by molar-refractivity contribution is -0.131. The molecule has 6 nitrogen and oxygen atoms in total. The summed E-state index contributed by atoms with van der Waals surface area (Å²) < 4.78 is 27.8. The number of ketones is 2. The van der Waals surface area contributed by atoms with Crippen LogP contribution < -0.4 is 4.72 Å². The van der Waals surface area contributed by atoms with Crippen LogP contribution in [0.15, 0.2) is 23.3 Å². The van der Waals surface area contributed by atoms with E-state index in [9.17, 15) is 23.3 Å². The van der Waals surface area contributed by atoms with E-state index in [1.165, 1.54) is 6.26 Å². The Balaban J connectivity index is 2.58. The van der Waals surface area contributed by atoms with Crippen LogP contribution >= 0.6 is 0 Å². The molecule has 2 aliphatic rings. The van der Waals surface area contributed by atoms with Gasteiger partial charge in [-0.2, -0.15) is 5.26 Å². The predicted molar refractivity (Wildman–Crippen MR) is 163 cm³/mol. The highest BCUT2D eigenvalue weighted by atomic mass is 32.2. The van der Waals surface area contributed by atoms with Crippen LogP contribution in [0.3, 0.4) is 0 Å². The number of rotatable bonds is 11. The molecule has 0 unspecified atom stereocenters. The molecule has 40 heavy (non-hydrogen) atoms. The van der Waals surface area contributed by atoms with Gasteiger partial charge in [0.25, 0.3) is 0 Å². The van der Waals surface area contributed by atoms with Crippen LogP contribution in [0.2, 0.25) is 0 Å². The minimum atomic E-state index is -3.42. The van der Waals surface area contributed by atoms with E-state index in [0.29, 0.717) is 6.42 Å². The largest absolute Gasteiger partial charge is 0.295 e. The molecule has 226 valence electrons.